The molecule has 1 aliphatic rings. The molecule has 0 unspecified atom stereocenters. The van der Waals surface area contributed by atoms with E-state index in [1.54, 1.807) is 14.0 Å². The van der Waals surface area contributed by atoms with Crippen molar-refractivity contribution in [3.63, 3.8) is 0 Å². The Bertz CT molecular complexity index is 1270. The SMILES string of the molecule is CCOC(=O)CCCn1c(=O)n(CCN2CCN(c3ccccc3OC)CC2)c(=O)c2cocc21. The van der Waals surface area contributed by atoms with Crippen LogP contribution >= 0.6 is 0 Å². The highest BCUT2D eigenvalue weighted by Crippen LogP contribution is 2.28. The van der Waals surface area contributed by atoms with Gasteiger partial charge in [-0.15, -0.1) is 0 Å². The predicted molar refractivity (Wildman–Crippen MR) is 132 cm³/mol. The van der Waals surface area contributed by atoms with Crippen LogP contribution in [0.2, 0.25) is 0 Å². The Hall–Kier alpha value is -3.53. The van der Waals surface area contributed by atoms with Crippen molar-refractivity contribution in [3.8, 4) is 5.75 Å². The van der Waals surface area contributed by atoms with Crippen LogP contribution in [0.15, 0.2) is 50.8 Å². The van der Waals surface area contributed by atoms with E-state index >= 15 is 0 Å². The summed E-state index contributed by atoms with van der Waals surface area (Å²) in [5.41, 5.74) is 0.779. The molecule has 1 saturated heterocycles. The number of aromatic nitrogens is 2. The number of nitrogens with zero attached hydrogens (tertiary/aromatic N) is 4. The minimum absolute atomic E-state index is 0.204. The van der Waals surface area contributed by atoms with Gasteiger partial charge in [-0.2, -0.15) is 0 Å². The van der Waals surface area contributed by atoms with Crippen LogP contribution < -0.4 is 20.9 Å². The van der Waals surface area contributed by atoms with Gasteiger partial charge in [-0.05, 0) is 25.5 Å². The Morgan fingerprint density at radius 2 is 1.77 bits per heavy atom. The summed E-state index contributed by atoms with van der Waals surface area (Å²) in [6.45, 7) is 6.53. The molecule has 0 saturated carbocycles. The molecule has 1 aliphatic heterocycles. The number of methoxy groups -OCH3 is 1. The lowest BCUT2D eigenvalue weighted by Crippen LogP contribution is -2.49. The molecule has 10 nitrogen and oxygen atoms in total. The van der Waals surface area contributed by atoms with Crippen LogP contribution in [-0.4, -0.2) is 66.4 Å². The highest BCUT2D eigenvalue weighted by molar-refractivity contribution is 5.76. The zero-order valence-electron chi connectivity index (χ0n) is 20.3. The summed E-state index contributed by atoms with van der Waals surface area (Å²) in [5, 5.41) is 0.363. The molecule has 0 bridgehead atoms. The van der Waals surface area contributed by atoms with E-state index in [2.05, 4.69) is 15.9 Å². The zero-order valence-corrected chi connectivity index (χ0v) is 20.3. The number of esters is 1. The zero-order chi connectivity index (χ0) is 24.8. The number of hydrogen-bond donors (Lipinski definition) is 0. The largest absolute Gasteiger partial charge is 0.495 e. The lowest BCUT2D eigenvalue weighted by atomic mass is 10.2. The van der Waals surface area contributed by atoms with Crippen molar-refractivity contribution in [1.29, 1.82) is 0 Å². The molecule has 0 amide bonds. The average Bonchev–Trinajstić information content (AvgIpc) is 3.36. The first-order valence-corrected chi connectivity index (χ1v) is 12.0. The van der Waals surface area contributed by atoms with Gasteiger partial charge in [0.25, 0.3) is 5.56 Å². The Morgan fingerprint density at radius 3 is 2.51 bits per heavy atom. The number of aryl methyl sites for hydroxylation is 1. The van der Waals surface area contributed by atoms with Gasteiger partial charge in [0.15, 0.2) is 0 Å². The number of furan rings is 1. The van der Waals surface area contributed by atoms with E-state index < -0.39 is 0 Å². The molecular weight excluding hydrogens is 452 g/mol. The molecule has 10 heteroatoms. The van der Waals surface area contributed by atoms with Crippen LogP contribution in [0.4, 0.5) is 5.69 Å². The molecule has 3 heterocycles. The fourth-order valence-electron chi connectivity index (χ4n) is 4.51. The van der Waals surface area contributed by atoms with Crippen LogP contribution in [0.25, 0.3) is 10.9 Å². The lowest BCUT2D eigenvalue weighted by molar-refractivity contribution is -0.143. The van der Waals surface area contributed by atoms with E-state index in [-0.39, 0.29) is 30.2 Å². The Morgan fingerprint density at radius 1 is 1.00 bits per heavy atom. The van der Waals surface area contributed by atoms with E-state index in [0.717, 1.165) is 37.6 Å². The van der Waals surface area contributed by atoms with Gasteiger partial charge < -0.3 is 18.8 Å². The van der Waals surface area contributed by atoms with Crippen molar-refractivity contribution in [2.45, 2.75) is 32.9 Å². The molecule has 4 rings (SSSR count). The molecule has 0 atom stereocenters. The highest BCUT2D eigenvalue weighted by atomic mass is 16.5. The van der Waals surface area contributed by atoms with Crippen LogP contribution in [0, 0.1) is 0 Å². The molecule has 1 aromatic carbocycles. The van der Waals surface area contributed by atoms with Crippen molar-refractivity contribution >= 4 is 22.6 Å². The molecule has 0 spiro atoms. The number of fused-ring (bicyclic) bond motifs is 1. The first-order chi connectivity index (χ1) is 17.0. The second-order valence-corrected chi connectivity index (χ2v) is 8.47. The number of piperazine rings is 1. The highest BCUT2D eigenvalue weighted by Gasteiger charge is 2.21. The Labute approximate surface area is 203 Å². The maximum atomic E-state index is 13.2. The van der Waals surface area contributed by atoms with Gasteiger partial charge in [0.2, 0.25) is 0 Å². The van der Waals surface area contributed by atoms with Crippen molar-refractivity contribution in [2.75, 3.05) is 51.3 Å². The average molecular weight is 485 g/mol. The van der Waals surface area contributed by atoms with Crippen molar-refractivity contribution in [2.24, 2.45) is 0 Å². The number of carbonyl (C=O) groups excluding carboxylic acids is 1. The predicted octanol–water partition coefficient (Wildman–Crippen LogP) is 1.93. The van der Waals surface area contributed by atoms with E-state index in [4.69, 9.17) is 13.9 Å². The summed E-state index contributed by atoms with van der Waals surface area (Å²) in [7, 11) is 1.67. The monoisotopic (exact) mass is 484 g/mol. The number of rotatable bonds is 10. The van der Waals surface area contributed by atoms with Gasteiger partial charge in [-0.1, -0.05) is 12.1 Å². The maximum absolute atomic E-state index is 13.2. The lowest BCUT2D eigenvalue weighted by Gasteiger charge is -2.36. The third-order valence-electron chi connectivity index (χ3n) is 6.38. The normalized spacial score (nSPS) is 14.4. The molecule has 35 heavy (non-hydrogen) atoms. The quantitative estimate of drug-likeness (QED) is 0.403. The summed E-state index contributed by atoms with van der Waals surface area (Å²) in [6.07, 6.45) is 3.42. The van der Waals surface area contributed by atoms with E-state index in [9.17, 15) is 14.4 Å². The standard InChI is InChI=1S/C25H32N4O6/c1-3-35-23(30)9-6-10-28-21-18-34-17-19(21)24(31)29(25(28)32)16-13-26-11-14-27(15-12-26)20-7-4-5-8-22(20)33-2/h4-5,7-8,17-18H,3,6,9-16H2,1-2H3. The third kappa shape index (κ3) is 5.43. The molecule has 0 aliphatic carbocycles. The Balaban J connectivity index is 1.43. The fourth-order valence-corrected chi connectivity index (χ4v) is 4.51. The van der Waals surface area contributed by atoms with Gasteiger partial charge in [-0.3, -0.25) is 23.6 Å². The second-order valence-electron chi connectivity index (χ2n) is 8.47. The Kier molecular flexibility index (Phi) is 7.91. The van der Waals surface area contributed by atoms with Gasteiger partial charge in [0.05, 0.1) is 24.9 Å². The maximum Gasteiger partial charge on any atom is 0.331 e. The van der Waals surface area contributed by atoms with Gasteiger partial charge in [0.1, 0.15) is 23.7 Å². The smallest absolute Gasteiger partial charge is 0.331 e. The van der Waals surface area contributed by atoms with Gasteiger partial charge in [0, 0.05) is 52.2 Å². The molecule has 1 fully saturated rings. The fraction of sp³-hybridized carbons (Fsp3) is 0.480. The van der Waals surface area contributed by atoms with E-state index in [1.165, 1.54) is 21.7 Å². The number of para-hydroxylation sites is 2. The number of carbonyl (C=O) groups is 1. The second kappa shape index (κ2) is 11.3. The molecule has 188 valence electrons. The van der Waals surface area contributed by atoms with Crippen molar-refractivity contribution < 1.29 is 18.7 Å². The van der Waals surface area contributed by atoms with Gasteiger partial charge >= 0.3 is 11.7 Å². The minimum Gasteiger partial charge on any atom is -0.495 e. The summed E-state index contributed by atoms with van der Waals surface area (Å²) in [4.78, 5) is 42.4. The van der Waals surface area contributed by atoms with Crippen LogP contribution in [-0.2, 0) is 22.6 Å². The summed E-state index contributed by atoms with van der Waals surface area (Å²) < 4.78 is 18.5. The van der Waals surface area contributed by atoms with Crippen LogP contribution in [0.1, 0.15) is 19.8 Å². The van der Waals surface area contributed by atoms with Crippen molar-refractivity contribution in [3.05, 3.63) is 57.6 Å². The van der Waals surface area contributed by atoms with E-state index in [0.29, 0.717) is 37.0 Å². The number of ether oxygens (including phenoxy) is 2. The summed E-state index contributed by atoms with van der Waals surface area (Å²) >= 11 is 0. The molecule has 0 N–H and O–H groups in total. The minimum atomic E-state index is -0.389. The molecular formula is C25H32N4O6. The topological polar surface area (TPSA) is 99.1 Å². The number of hydrogen-bond acceptors (Lipinski definition) is 8. The van der Waals surface area contributed by atoms with Crippen LogP contribution in [0.5, 0.6) is 5.75 Å². The third-order valence-corrected chi connectivity index (χ3v) is 6.38. The first-order valence-electron chi connectivity index (χ1n) is 12.0. The first kappa shape index (κ1) is 24.6. The summed E-state index contributed by atoms with van der Waals surface area (Å²) in [6, 6.07) is 7.97. The molecule has 2 aromatic heterocycles. The number of anilines is 1. The van der Waals surface area contributed by atoms with Crippen LogP contribution in [0.3, 0.4) is 0 Å². The molecule has 0 radical (unpaired) electrons. The summed E-state index contributed by atoms with van der Waals surface area (Å²) in [5.74, 6) is 0.550. The van der Waals surface area contributed by atoms with Crippen molar-refractivity contribution in [1.82, 2.24) is 14.0 Å². The number of benzene rings is 1. The molecule has 3 aromatic rings. The van der Waals surface area contributed by atoms with E-state index in [1.807, 2.05) is 18.2 Å². The van der Waals surface area contributed by atoms with Gasteiger partial charge in [-0.25, -0.2) is 4.79 Å².